The number of nitrogens with one attached hydrogen (secondary N) is 1. The number of anilines is 1. The number of rotatable bonds is 6. The first kappa shape index (κ1) is 14.2. The van der Waals surface area contributed by atoms with Crippen LogP contribution in [-0.4, -0.2) is 12.6 Å². The third-order valence-corrected chi connectivity index (χ3v) is 4.51. The number of carbonyl (C=O) groups is 1. The number of hydrogen-bond donors (Lipinski definition) is 1. The quantitative estimate of drug-likeness (QED) is 0.781. The molecule has 3 heteroatoms. The average Bonchev–Trinajstić information content (AvgIpc) is 2.35. The third-order valence-electron chi connectivity index (χ3n) is 3.12. The minimum absolute atomic E-state index is 0.185. The van der Waals surface area contributed by atoms with Crippen molar-refractivity contribution in [3.63, 3.8) is 0 Å². The highest BCUT2D eigenvalue weighted by Gasteiger charge is 2.15. The molecule has 17 heavy (non-hydrogen) atoms. The van der Waals surface area contributed by atoms with Crippen molar-refractivity contribution in [1.82, 2.24) is 0 Å². The molecule has 1 N–H and O–H groups in total. The minimum atomic E-state index is 0.185. The Balaban J connectivity index is 2.47. The van der Waals surface area contributed by atoms with Crippen LogP contribution < -0.4 is 5.32 Å². The molecule has 1 rings (SSSR count). The summed E-state index contributed by atoms with van der Waals surface area (Å²) in [4.78, 5) is 11.9. The van der Waals surface area contributed by atoms with Gasteiger partial charge in [0, 0.05) is 18.7 Å². The number of hydrogen-bond acceptors (Lipinski definition) is 2. The molecule has 0 aromatic heterocycles. The van der Waals surface area contributed by atoms with Crippen LogP contribution in [0.1, 0.15) is 26.3 Å². The van der Waals surface area contributed by atoms with Gasteiger partial charge in [-0.1, -0.05) is 32.9 Å². The second-order valence-corrected chi connectivity index (χ2v) is 5.90. The van der Waals surface area contributed by atoms with Gasteiger partial charge in [0.05, 0.1) is 0 Å². The number of benzene rings is 1. The summed E-state index contributed by atoms with van der Waals surface area (Å²) in [6.07, 6.45) is 0.875. The zero-order valence-electron chi connectivity index (χ0n) is 11.1. The van der Waals surface area contributed by atoms with Crippen LogP contribution >= 0.6 is 8.58 Å². The topological polar surface area (TPSA) is 29.1 Å². The molecule has 2 unspecified atom stereocenters. The summed E-state index contributed by atoms with van der Waals surface area (Å²) in [7, 11) is 2.30. The van der Waals surface area contributed by atoms with Gasteiger partial charge in [0.25, 0.3) is 0 Å². The highest BCUT2D eigenvalue weighted by atomic mass is 31.1. The molecule has 0 amide bonds. The van der Waals surface area contributed by atoms with Gasteiger partial charge >= 0.3 is 0 Å². The van der Waals surface area contributed by atoms with E-state index in [0.29, 0.717) is 20.0 Å². The smallest absolute Gasteiger partial charge is 0.154 e. The van der Waals surface area contributed by atoms with Crippen molar-refractivity contribution in [1.29, 1.82) is 0 Å². The maximum Gasteiger partial charge on any atom is 0.154 e. The Hall–Kier alpha value is -0.880. The Morgan fingerprint density at radius 3 is 2.29 bits per heavy atom. The molecule has 0 aliphatic rings. The minimum Gasteiger partial charge on any atom is -0.388 e. The van der Waals surface area contributed by atoms with Crippen LogP contribution in [-0.2, 0) is 11.0 Å². The van der Waals surface area contributed by atoms with Gasteiger partial charge < -0.3 is 5.32 Å². The van der Waals surface area contributed by atoms with Gasteiger partial charge in [-0.2, -0.15) is 0 Å². The zero-order chi connectivity index (χ0) is 12.8. The molecule has 1 aromatic carbocycles. The normalized spacial score (nSPS) is 13.2. The van der Waals surface area contributed by atoms with E-state index in [1.807, 2.05) is 14.0 Å². The van der Waals surface area contributed by atoms with Gasteiger partial charge in [0.1, 0.15) is 0 Å². The van der Waals surface area contributed by atoms with E-state index in [0.717, 1.165) is 11.8 Å². The van der Waals surface area contributed by atoms with Crippen LogP contribution in [0.25, 0.3) is 0 Å². The molecule has 0 radical (unpaired) electrons. The van der Waals surface area contributed by atoms with E-state index in [1.54, 1.807) is 0 Å². The van der Waals surface area contributed by atoms with Crippen molar-refractivity contribution in [3.05, 3.63) is 29.8 Å². The summed E-state index contributed by atoms with van der Waals surface area (Å²) in [5.41, 5.74) is 2.75. The van der Waals surface area contributed by atoms with Crippen LogP contribution in [0.4, 0.5) is 5.69 Å². The van der Waals surface area contributed by atoms with Crippen molar-refractivity contribution in [2.75, 3.05) is 12.4 Å². The molecule has 2 nitrogen and oxygen atoms in total. The standard InChI is InChI=1S/C14H22NOP/c1-10(2)11(3)14(16)17-9-12-5-7-13(15-4)8-6-12/h5-8,10-11,15,17H,9H2,1-4H3. The summed E-state index contributed by atoms with van der Waals surface area (Å²) in [6.45, 7) is 6.24. The molecule has 0 spiro atoms. The molecule has 0 aliphatic heterocycles. The summed E-state index contributed by atoms with van der Waals surface area (Å²) in [5.74, 6) is 0.631. The first-order valence-electron chi connectivity index (χ1n) is 6.09. The Morgan fingerprint density at radius 1 is 1.24 bits per heavy atom. The lowest BCUT2D eigenvalue weighted by Gasteiger charge is -2.13. The maximum atomic E-state index is 11.9. The Kier molecular flexibility index (Phi) is 5.64. The summed E-state index contributed by atoms with van der Waals surface area (Å²) in [5, 5.41) is 3.09. The highest BCUT2D eigenvalue weighted by Crippen LogP contribution is 2.27. The van der Waals surface area contributed by atoms with Crippen LogP contribution in [0.15, 0.2) is 24.3 Å². The monoisotopic (exact) mass is 251 g/mol. The molecule has 0 aliphatic carbocycles. The fourth-order valence-corrected chi connectivity index (χ4v) is 2.71. The number of carbonyl (C=O) groups excluding carboxylic acids is 1. The predicted octanol–water partition coefficient (Wildman–Crippen LogP) is 3.73. The van der Waals surface area contributed by atoms with Crippen molar-refractivity contribution in [2.24, 2.45) is 11.8 Å². The van der Waals surface area contributed by atoms with Crippen LogP contribution in [0.5, 0.6) is 0 Å². The molecule has 94 valence electrons. The van der Waals surface area contributed by atoms with E-state index < -0.39 is 0 Å². The molecular weight excluding hydrogens is 229 g/mol. The van der Waals surface area contributed by atoms with E-state index >= 15 is 0 Å². The molecular formula is C14H22NOP. The van der Waals surface area contributed by atoms with Crippen LogP contribution in [0.3, 0.4) is 0 Å². The largest absolute Gasteiger partial charge is 0.388 e. The van der Waals surface area contributed by atoms with E-state index in [9.17, 15) is 4.79 Å². The molecule has 0 bridgehead atoms. The molecule has 0 saturated heterocycles. The second-order valence-electron chi connectivity index (χ2n) is 4.70. The van der Waals surface area contributed by atoms with E-state index in [1.165, 1.54) is 5.56 Å². The lowest BCUT2D eigenvalue weighted by Crippen LogP contribution is -2.12. The van der Waals surface area contributed by atoms with Gasteiger partial charge in [-0.15, -0.1) is 0 Å². The first-order chi connectivity index (χ1) is 8.04. The summed E-state index contributed by atoms with van der Waals surface area (Å²) in [6, 6.07) is 8.28. The summed E-state index contributed by atoms with van der Waals surface area (Å²) < 4.78 is 0. The fraction of sp³-hybridized carbons (Fsp3) is 0.500. The predicted molar refractivity (Wildman–Crippen MR) is 77.0 cm³/mol. The van der Waals surface area contributed by atoms with Gasteiger partial charge in [-0.05, 0) is 38.4 Å². The Morgan fingerprint density at radius 2 is 1.82 bits per heavy atom. The van der Waals surface area contributed by atoms with E-state index in [4.69, 9.17) is 0 Å². The van der Waals surface area contributed by atoms with Crippen molar-refractivity contribution >= 4 is 19.8 Å². The first-order valence-corrected chi connectivity index (χ1v) is 7.29. The molecule has 0 fully saturated rings. The zero-order valence-corrected chi connectivity index (χ0v) is 12.1. The molecule has 1 aromatic rings. The molecule has 0 heterocycles. The lowest BCUT2D eigenvalue weighted by atomic mass is 10.0. The molecule has 2 atom stereocenters. The van der Waals surface area contributed by atoms with Crippen LogP contribution in [0.2, 0.25) is 0 Å². The Labute approximate surface area is 106 Å². The molecule has 0 saturated carbocycles. The van der Waals surface area contributed by atoms with Crippen LogP contribution in [0, 0.1) is 11.8 Å². The van der Waals surface area contributed by atoms with Crippen molar-refractivity contribution in [3.8, 4) is 0 Å². The fourth-order valence-electron chi connectivity index (χ4n) is 1.44. The van der Waals surface area contributed by atoms with Gasteiger partial charge in [0.15, 0.2) is 5.52 Å². The van der Waals surface area contributed by atoms with Gasteiger partial charge in [0.2, 0.25) is 0 Å². The lowest BCUT2D eigenvalue weighted by molar-refractivity contribution is -0.115. The maximum absolute atomic E-state index is 11.9. The third kappa shape index (κ3) is 4.47. The highest BCUT2D eigenvalue weighted by molar-refractivity contribution is 7.57. The second kappa shape index (κ2) is 6.76. The summed E-state index contributed by atoms with van der Waals surface area (Å²) >= 11 is 0. The van der Waals surface area contributed by atoms with Gasteiger partial charge in [-0.3, -0.25) is 4.79 Å². The van der Waals surface area contributed by atoms with E-state index in [-0.39, 0.29) is 5.92 Å². The van der Waals surface area contributed by atoms with Crippen molar-refractivity contribution < 1.29 is 4.79 Å². The van der Waals surface area contributed by atoms with E-state index in [2.05, 4.69) is 43.4 Å². The Bertz CT molecular complexity index is 359. The average molecular weight is 251 g/mol. The van der Waals surface area contributed by atoms with Crippen molar-refractivity contribution in [2.45, 2.75) is 26.9 Å². The SMILES string of the molecule is CNc1ccc(CPC(=O)C(C)C(C)C)cc1. The van der Waals surface area contributed by atoms with Gasteiger partial charge in [-0.25, -0.2) is 0 Å².